The van der Waals surface area contributed by atoms with Crippen molar-refractivity contribution in [2.45, 2.75) is 12.5 Å². The third kappa shape index (κ3) is 5.76. The number of nitrogens with two attached hydrogens (primary N) is 1. The van der Waals surface area contributed by atoms with Gasteiger partial charge in [-0.05, 0) is 54.1 Å². The summed E-state index contributed by atoms with van der Waals surface area (Å²) in [4.78, 5) is 41.1. The number of ketones is 1. The number of nitrogens with zero attached hydrogens (tertiary/aromatic N) is 3. The van der Waals surface area contributed by atoms with Crippen LogP contribution in [0.4, 0.5) is 4.39 Å². The number of nitrogens with one attached hydrogen (secondary N) is 1. The van der Waals surface area contributed by atoms with Gasteiger partial charge in [-0.15, -0.1) is 0 Å². The molecular weight excluding hydrogens is 508 g/mol. The average Bonchev–Trinajstić information content (AvgIpc) is 3.34. The van der Waals surface area contributed by atoms with Crippen molar-refractivity contribution < 1.29 is 18.8 Å². The summed E-state index contributed by atoms with van der Waals surface area (Å²) >= 11 is 12.2. The number of rotatable bonds is 8. The topological polar surface area (TPSA) is 120 Å². The quantitative estimate of drug-likeness (QED) is 0.339. The predicted octanol–water partition coefficient (Wildman–Crippen LogP) is 3.78. The summed E-state index contributed by atoms with van der Waals surface area (Å²) in [5, 5.41) is 7.92. The second-order valence-electron chi connectivity index (χ2n) is 7.76. The summed E-state index contributed by atoms with van der Waals surface area (Å²) in [5.74, 6) is -2.92. The zero-order valence-electron chi connectivity index (χ0n) is 18.5. The van der Waals surface area contributed by atoms with E-state index < -0.39 is 29.5 Å². The molecule has 2 heterocycles. The largest absolute Gasteiger partial charge is 0.363 e. The lowest BCUT2D eigenvalue weighted by Gasteiger charge is -2.16. The van der Waals surface area contributed by atoms with Crippen LogP contribution in [0.3, 0.4) is 0 Å². The van der Waals surface area contributed by atoms with Crippen molar-refractivity contribution in [2.24, 2.45) is 5.73 Å². The van der Waals surface area contributed by atoms with Gasteiger partial charge in [0.05, 0.1) is 10.7 Å². The van der Waals surface area contributed by atoms with Gasteiger partial charge in [-0.3, -0.25) is 14.4 Å². The minimum atomic E-state index is -1.24. The van der Waals surface area contributed by atoms with E-state index in [1.165, 1.54) is 47.3 Å². The molecule has 0 aliphatic heterocycles. The van der Waals surface area contributed by atoms with Crippen LogP contribution >= 0.6 is 23.2 Å². The maximum absolute atomic E-state index is 13.2. The number of Topliss-reactive ketones (excluding diaryl/α,β-unsaturated/α-hetero) is 1. The molecule has 1 atom stereocenters. The SMILES string of the molecule is NC(=O)C(=O)C(Cc1ccc(F)cc1)NC(=O)c1ccnc(-n2ccc(-c3ccc(Cl)cc3Cl)n2)c1. The van der Waals surface area contributed by atoms with E-state index in [4.69, 9.17) is 28.9 Å². The summed E-state index contributed by atoms with van der Waals surface area (Å²) in [5.41, 5.74) is 7.11. The van der Waals surface area contributed by atoms with E-state index >= 15 is 0 Å². The Balaban J connectivity index is 1.55. The van der Waals surface area contributed by atoms with Gasteiger partial charge in [0.15, 0.2) is 5.82 Å². The molecule has 4 rings (SSSR count). The maximum Gasteiger partial charge on any atom is 0.287 e. The Hall–Kier alpha value is -4.08. The van der Waals surface area contributed by atoms with Crippen molar-refractivity contribution in [3.63, 3.8) is 0 Å². The first kappa shape index (κ1) is 25.0. The van der Waals surface area contributed by atoms with E-state index in [9.17, 15) is 18.8 Å². The Kier molecular flexibility index (Phi) is 7.42. The molecule has 0 fully saturated rings. The number of benzene rings is 2. The standard InChI is InChI=1S/C25H18Cl2FN5O3/c26-16-3-6-18(19(27)13-16)20-8-10-33(32-20)22-12-15(7-9-30-22)25(36)31-21(23(34)24(29)35)11-14-1-4-17(28)5-2-14/h1-10,12-13,21H,11H2,(H2,29,35)(H,31,36). The van der Waals surface area contributed by atoms with Crippen LogP contribution in [0.1, 0.15) is 15.9 Å². The Bertz CT molecular complexity index is 1460. The number of hydrogen-bond donors (Lipinski definition) is 2. The van der Waals surface area contributed by atoms with Gasteiger partial charge in [0.2, 0.25) is 5.78 Å². The molecule has 4 aromatic rings. The highest BCUT2D eigenvalue weighted by atomic mass is 35.5. The fourth-order valence-corrected chi connectivity index (χ4v) is 3.96. The highest BCUT2D eigenvalue weighted by Gasteiger charge is 2.26. The van der Waals surface area contributed by atoms with Crippen LogP contribution in [0.2, 0.25) is 10.0 Å². The van der Waals surface area contributed by atoms with Gasteiger partial charge in [-0.1, -0.05) is 35.3 Å². The third-order valence-corrected chi connectivity index (χ3v) is 5.80. The lowest BCUT2D eigenvalue weighted by Crippen LogP contribution is -2.47. The lowest BCUT2D eigenvalue weighted by atomic mass is 10.0. The van der Waals surface area contributed by atoms with Crippen LogP contribution in [0.15, 0.2) is 73.1 Å². The van der Waals surface area contributed by atoms with Crippen molar-refractivity contribution in [3.05, 3.63) is 100 Å². The summed E-state index contributed by atoms with van der Waals surface area (Å²) in [6, 6.07) is 13.8. The molecule has 0 saturated heterocycles. The summed E-state index contributed by atoms with van der Waals surface area (Å²) in [6.45, 7) is 0. The van der Waals surface area contributed by atoms with E-state index in [1.54, 1.807) is 30.5 Å². The van der Waals surface area contributed by atoms with Gasteiger partial charge >= 0.3 is 0 Å². The van der Waals surface area contributed by atoms with Gasteiger partial charge < -0.3 is 11.1 Å². The summed E-state index contributed by atoms with van der Waals surface area (Å²) in [6.07, 6.45) is 3.01. The number of carbonyl (C=O) groups excluding carboxylic acids is 3. The number of hydrogen-bond acceptors (Lipinski definition) is 5. The van der Waals surface area contributed by atoms with Crippen molar-refractivity contribution in [2.75, 3.05) is 0 Å². The number of pyridine rings is 1. The zero-order valence-corrected chi connectivity index (χ0v) is 20.0. The number of aromatic nitrogens is 3. The Morgan fingerprint density at radius 2 is 1.78 bits per heavy atom. The van der Waals surface area contributed by atoms with Crippen molar-refractivity contribution >= 4 is 40.8 Å². The molecule has 0 spiro atoms. The van der Waals surface area contributed by atoms with Crippen LogP contribution in [0, 0.1) is 5.82 Å². The van der Waals surface area contributed by atoms with Gasteiger partial charge in [0.1, 0.15) is 11.9 Å². The van der Waals surface area contributed by atoms with Crippen LogP contribution < -0.4 is 11.1 Å². The molecule has 2 aromatic carbocycles. The summed E-state index contributed by atoms with van der Waals surface area (Å²) in [7, 11) is 0. The number of primary amides is 1. The number of halogens is 3. The van der Waals surface area contributed by atoms with Crippen molar-refractivity contribution in [3.8, 4) is 17.1 Å². The lowest BCUT2D eigenvalue weighted by molar-refractivity contribution is -0.137. The molecule has 36 heavy (non-hydrogen) atoms. The first-order valence-corrected chi connectivity index (χ1v) is 11.3. The Morgan fingerprint density at radius 1 is 1.03 bits per heavy atom. The van der Waals surface area contributed by atoms with E-state index in [0.29, 0.717) is 32.7 Å². The molecule has 0 aliphatic rings. The molecule has 182 valence electrons. The smallest absolute Gasteiger partial charge is 0.287 e. The van der Waals surface area contributed by atoms with Crippen LogP contribution in [-0.2, 0) is 16.0 Å². The minimum absolute atomic E-state index is 0.0455. The van der Waals surface area contributed by atoms with Gasteiger partial charge in [-0.25, -0.2) is 14.1 Å². The second kappa shape index (κ2) is 10.7. The molecule has 0 radical (unpaired) electrons. The van der Waals surface area contributed by atoms with Crippen LogP contribution in [-0.4, -0.2) is 38.4 Å². The molecule has 1 unspecified atom stereocenters. The molecule has 0 aliphatic carbocycles. The highest BCUT2D eigenvalue weighted by molar-refractivity contribution is 6.38. The molecule has 0 bridgehead atoms. The molecule has 8 nitrogen and oxygen atoms in total. The van der Waals surface area contributed by atoms with Gasteiger partial charge in [-0.2, -0.15) is 5.10 Å². The van der Waals surface area contributed by atoms with E-state index in [1.807, 2.05) is 0 Å². The molecular formula is C25H18Cl2FN5O3. The molecule has 3 N–H and O–H groups in total. The molecule has 2 amide bonds. The van der Waals surface area contributed by atoms with Gasteiger partial charge in [0, 0.05) is 35.0 Å². The highest BCUT2D eigenvalue weighted by Crippen LogP contribution is 2.29. The van der Waals surface area contributed by atoms with E-state index in [0.717, 1.165) is 0 Å². The fraction of sp³-hybridized carbons (Fsp3) is 0.0800. The van der Waals surface area contributed by atoms with Crippen molar-refractivity contribution in [1.29, 1.82) is 0 Å². The maximum atomic E-state index is 13.2. The molecule has 2 aromatic heterocycles. The normalized spacial score (nSPS) is 11.6. The summed E-state index contributed by atoms with van der Waals surface area (Å²) < 4.78 is 14.7. The first-order valence-electron chi connectivity index (χ1n) is 10.6. The minimum Gasteiger partial charge on any atom is -0.363 e. The predicted molar refractivity (Wildman–Crippen MR) is 132 cm³/mol. The third-order valence-electron chi connectivity index (χ3n) is 5.26. The zero-order chi connectivity index (χ0) is 25.8. The second-order valence-corrected chi connectivity index (χ2v) is 8.60. The van der Waals surface area contributed by atoms with Crippen molar-refractivity contribution in [1.82, 2.24) is 20.1 Å². The number of amides is 2. The first-order chi connectivity index (χ1) is 17.2. The Morgan fingerprint density at radius 3 is 2.47 bits per heavy atom. The monoisotopic (exact) mass is 525 g/mol. The average molecular weight is 526 g/mol. The van der Waals surface area contributed by atoms with Crippen LogP contribution in [0.5, 0.6) is 0 Å². The van der Waals surface area contributed by atoms with E-state index in [2.05, 4.69) is 15.4 Å². The Labute approximate surface area is 214 Å². The fourth-order valence-electron chi connectivity index (χ4n) is 3.46. The number of carbonyl (C=O) groups is 3. The van der Waals surface area contributed by atoms with Crippen LogP contribution in [0.25, 0.3) is 17.1 Å². The molecule has 11 heteroatoms. The van der Waals surface area contributed by atoms with E-state index in [-0.39, 0.29) is 12.0 Å². The molecule has 0 saturated carbocycles. The van der Waals surface area contributed by atoms with Gasteiger partial charge in [0.25, 0.3) is 11.8 Å².